The fourth-order valence-corrected chi connectivity index (χ4v) is 3.70. The van der Waals surface area contributed by atoms with Crippen molar-refractivity contribution in [2.75, 3.05) is 42.1 Å². The molecule has 10 heteroatoms. The molecule has 1 fully saturated rings. The number of rotatable bonds is 5. The van der Waals surface area contributed by atoms with E-state index in [0.29, 0.717) is 37.8 Å². The van der Waals surface area contributed by atoms with Gasteiger partial charge in [0.25, 0.3) is 5.91 Å². The lowest BCUT2D eigenvalue weighted by molar-refractivity contribution is 0.102. The quantitative estimate of drug-likeness (QED) is 0.814. The molecule has 26 heavy (non-hydrogen) atoms. The summed E-state index contributed by atoms with van der Waals surface area (Å²) in [6.07, 6.45) is 4.54. The number of nitrogens with zero attached hydrogens (tertiary/aromatic N) is 5. The Morgan fingerprint density at radius 3 is 2.62 bits per heavy atom. The van der Waals surface area contributed by atoms with Crippen molar-refractivity contribution in [2.24, 2.45) is 0 Å². The molecule has 1 aliphatic rings. The Hall–Kier alpha value is -2.59. The third-order valence-electron chi connectivity index (χ3n) is 4.08. The smallest absolute Gasteiger partial charge is 0.277 e. The van der Waals surface area contributed by atoms with Gasteiger partial charge in [-0.15, -0.1) is 0 Å². The number of hydrogen-bond acceptors (Lipinski definition) is 7. The van der Waals surface area contributed by atoms with Gasteiger partial charge in [0, 0.05) is 32.4 Å². The molecule has 3 heterocycles. The summed E-state index contributed by atoms with van der Waals surface area (Å²) < 4.78 is 25.4. The highest BCUT2D eigenvalue weighted by Crippen LogP contribution is 2.15. The molecule has 0 bridgehead atoms. The van der Waals surface area contributed by atoms with Crippen LogP contribution in [0.25, 0.3) is 0 Å². The molecule has 0 atom stereocenters. The maximum Gasteiger partial charge on any atom is 0.277 e. The minimum Gasteiger partial charge on any atom is -0.353 e. The number of anilines is 2. The van der Waals surface area contributed by atoms with Crippen molar-refractivity contribution in [1.82, 2.24) is 19.3 Å². The molecule has 1 aliphatic heterocycles. The number of aromatic nitrogens is 3. The molecule has 2 aromatic rings. The first-order valence-electron chi connectivity index (χ1n) is 8.27. The van der Waals surface area contributed by atoms with Gasteiger partial charge in [0.15, 0.2) is 0 Å². The van der Waals surface area contributed by atoms with Crippen LogP contribution in [-0.4, -0.2) is 65.5 Å². The number of carbonyl (C=O) groups excluding carboxylic acids is 1. The first-order chi connectivity index (χ1) is 12.5. The standard InChI is InChI=1S/C16H20N6O3S/c1-2-26(24,25)22-9-7-21(8-10-22)15-12-17-11-13(19-15)16(23)20-14-5-3-4-6-18-14/h3-6,11-12H,2,7-10H2,1H3,(H,18,20,23). The van der Waals surface area contributed by atoms with E-state index in [2.05, 4.69) is 20.3 Å². The number of nitrogens with one attached hydrogen (secondary N) is 1. The van der Waals surface area contributed by atoms with E-state index in [1.54, 1.807) is 37.5 Å². The summed E-state index contributed by atoms with van der Waals surface area (Å²) in [7, 11) is -3.18. The fraction of sp³-hybridized carbons (Fsp3) is 0.375. The van der Waals surface area contributed by atoms with Crippen molar-refractivity contribution in [3.8, 4) is 0 Å². The van der Waals surface area contributed by atoms with Crippen LogP contribution in [0, 0.1) is 0 Å². The van der Waals surface area contributed by atoms with Gasteiger partial charge in [0.1, 0.15) is 17.3 Å². The monoisotopic (exact) mass is 376 g/mol. The highest BCUT2D eigenvalue weighted by molar-refractivity contribution is 7.89. The Bertz CT molecular complexity index is 867. The second-order valence-electron chi connectivity index (χ2n) is 5.72. The van der Waals surface area contributed by atoms with Gasteiger partial charge in [0.05, 0.1) is 18.1 Å². The van der Waals surface area contributed by atoms with Crippen molar-refractivity contribution < 1.29 is 13.2 Å². The number of amides is 1. The van der Waals surface area contributed by atoms with Gasteiger partial charge >= 0.3 is 0 Å². The molecule has 1 saturated heterocycles. The molecular formula is C16H20N6O3S. The van der Waals surface area contributed by atoms with Crippen molar-refractivity contribution in [3.63, 3.8) is 0 Å². The van der Waals surface area contributed by atoms with Crippen LogP contribution in [-0.2, 0) is 10.0 Å². The maximum absolute atomic E-state index is 12.3. The SMILES string of the molecule is CCS(=O)(=O)N1CCN(c2cncc(C(=O)Nc3ccccn3)n2)CC1. The lowest BCUT2D eigenvalue weighted by Crippen LogP contribution is -2.49. The molecule has 0 saturated carbocycles. The van der Waals surface area contributed by atoms with Gasteiger partial charge in [-0.2, -0.15) is 4.31 Å². The average molecular weight is 376 g/mol. The first kappa shape index (κ1) is 18.2. The van der Waals surface area contributed by atoms with Gasteiger partial charge in [-0.3, -0.25) is 9.78 Å². The zero-order valence-electron chi connectivity index (χ0n) is 14.4. The Morgan fingerprint density at radius 1 is 1.19 bits per heavy atom. The van der Waals surface area contributed by atoms with Crippen LogP contribution < -0.4 is 10.2 Å². The van der Waals surface area contributed by atoms with Crippen molar-refractivity contribution in [2.45, 2.75) is 6.92 Å². The lowest BCUT2D eigenvalue weighted by Gasteiger charge is -2.34. The van der Waals surface area contributed by atoms with Crippen LogP contribution in [0.1, 0.15) is 17.4 Å². The van der Waals surface area contributed by atoms with Gasteiger partial charge in [-0.1, -0.05) is 6.07 Å². The van der Waals surface area contributed by atoms with Crippen molar-refractivity contribution in [3.05, 3.63) is 42.5 Å². The third-order valence-corrected chi connectivity index (χ3v) is 5.96. The summed E-state index contributed by atoms with van der Waals surface area (Å²) in [5, 5.41) is 2.66. The van der Waals surface area contributed by atoms with Gasteiger partial charge in [0.2, 0.25) is 10.0 Å². The van der Waals surface area contributed by atoms with Crippen LogP contribution in [0.5, 0.6) is 0 Å². The second-order valence-corrected chi connectivity index (χ2v) is 7.98. The number of sulfonamides is 1. The number of carbonyl (C=O) groups is 1. The van der Waals surface area contributed by atoms with Crippen LogP contribution in [0.15, 0.2) is 36.8 Å². The van der Waals surface area contributed by atoms with E-state index in [4.69, 9.17) is 0 Å². The zero-order chi connectivity index (χ0) is 18.6. The third kappa shape index (κ3) is 4.14. The number of piperazine rings is 1. The maximum atomic E-state index is 12.3. The summed E-state index contributed by atoms with van der Waals surface area (Å²) in [4.78, 5) is 26.7. The number of hydrogen-bond donors (Lipinski definition) is 1. The predicted octanol–water partition coefficient (Wildman–Crippen LogP) is 0.596. The predicted molar refractivity (Wildman–Crippen MR) is 97.5 cm³/mol. The van der Waals surface area contributed by atoms with E-state index < -0.39 is 15.9 Å². The zero-order valence-corrected chi connectivity index (χ0v) is 15.2. The second kappa shape index (κ2) is 7.75. The van der Waals surface area contributed by atoms with Crippen LogP contribution in [0.3, 0.4) is 0 Å². The molecule has 0 unspecified atom stereocenters. The molecular weight excluding hydrogens is 356 g/mol. The van der Waals surface area contributed by atoms with Crippen LogP contribution >= 0.6 is 0 Å². The average Bonchev–Trinajstić information content (AvgIpc) is 2.69. The Balaban J connectivity index is 1.67. The topological polar surface area (TPSA) is 108 Å². The van der Waals surface area contributed by atoms with E-state index in [9.17, 15) is 13.2 Å². The van der Waals surface area contributed by atoms with Crippen molar-refractivity contribution in [1.29, 1.82) is 0 Å². The highest BCUT2D eigenvalue weighted by atomic mass is 32.2. The summed E-state index contributed by atoms with van der Waals surface area (Å²) in [5.74, 6) is 0.677. The van der Waals surface area contributed by atoms with E-state index >= 15 is 0 Å². The molecule has 138 valence electrons. The molecule has 0 aromatic carbocycles. The normalized spacial score (nSPS) is 15.7. The van der Waals surface area contributed by atoms with Gasteiger partial charge in [-0.05, 0) is 19.1 Å². The van der Waals surface area contributed by atoms with E-state index in [-0.39, 0.29) is 11.4 Å². The number of pyridine rings is 1. The summed E-state index contributed by atoms with van der Waals surface area (Å²) in [5.41, 5.74) is 0.178. The molecule has 1 amide bonds. The van der Waals surface area contributed by atoms with Gasteiger partial charge < -0.3 is 10.2 Å². The molecule has 2 aromatic heterocycles. The molecule has 0 spiro atoms. The molecule has 0 radical (unpaired) electrons. The molecule has 9 nitrogen and oxygen atoms in total. The fourth-order valence-electron chi connectivity index (χ4n) is 2.61. The Morgan fingerprint density at radius 2 is 1.96 bits per heavy atom. The summed E-state index contributed by atoms with van der Waals surface area (Å²) in [6.45, 7) is 3.42. The molecule has 1 N–H and O–H groups in total. The minimum absolute atomic E-state index is 0.0932. The Kier molecular flexibility index (Phi) is 5.43. The van der Waals surface area contributed by atoms with E-state index in [1.165, 1.54) is 10.5 Å². The van der Waals surface area contributed by atoms with Crippen LogP contribution in [0.4, 0.5) is 11.6 Å². The Labute approximate surface area is 152 Å². The largest absolute Gasteiger partial charge is 0.353 e. The summed E-state index contributed by atoms with van der Waals surface area (Å²) >= 11 is 0. The van der Waals surface area contributed by atoms with E-state index in [1.807, 2.05) is 4.90 Å². The van der Waals surface area contributed by atoms with Gasteiger partial charge in [-0.25, -0.2) is 18.4 Å². The minimum atomic E-state index is -3.18. The summed E-state index contributed by atoms with van der Waals surface area (Å²) in [6, 6.07) is 5.21. The molecule has 0 aliphatic carbocycles. The lowest BCUT2D eigenvalue weighted by atomic mass is 10.3. The highest BCUT2D eigenvalue weighted by Gasteiger charge is 2.26. The van der Waals surface area contributed by atoms with Crippen molar-refractivity contribution >= 4 is 27.6 Å². The van der Waals surface area contributed by atoms with E-state index in [0.717, 1.165) is 0 Å². The molecule has 3 rings (SSSR count). The first-order valence-corrected chi connectivity index (χ1v) is 9.87. The van der Waals surface area contributed by atoms with Crippen LogP contribution in [0.2, 0.25) is 0 Å².